The fourth-order valence-electron chi connectivity index (χ4n) is 1.05. The number of hydrogen-bond donors (Lipinski definition) is 1. The van der Waals surface area contributed by atoms with E-state index in [9.17, 15) is 17.6 Å². The topological polar surface area (TPSA) is 35.8 Å². The van der Waals surface area contributed by atoms with E-state index in [1.54, 1.807) is 0 Å². The summed E-state index contributed by atoms with van der Waals surface area (Å²) in [5.74, 6) is -2.80. The van der Waals surface area contributed by atoms with Crippen LogP contribution >= 0.6 is 0 Å². The maximum absolute atomic E-state index is 13.0. The van der Waals surface area contributed by atoms with Crippen molar-refractivity contribution in [3.63, 3.8) is 0 Å². The van der Waals surface area contributed by atoms with Gasteiger partial charge in [0.25, 0.3) is 0 Å². The average molecular weight is 232 g/mol. The van der Waals surface area contributed by atoms with Crippen LogP contribution in [0, 0.1) is 23.1 Å². The van der Waals surface area contributed by atoms with E-state index < -0.39 is 24.5 Å². The van der Waals surface area contributed by atoms with E-state index in [0.29, 0.717) is 0 Å². The largest absolute Gasteiger partial charge is 0.406 e. The summed E-state index contributed by atoms with van der Waals surface area (Å²) in [7, 11) is 0. The van der Waals surface area contributed by atoms with E-state index in [4.69, 9.17) is 5.26 Å². The van der Waals surface area contributed by atoms with Crippen LogP contribution in [-0.2, 0) is 0 Å². The molecule has 0 radical (unpaired) electrons. The van der Waals surface area contributed by atoms with Crippen LogP contribution in [0.3, 0.4) is 0 Å². The van der Waals surface area contributed by atoms with Gasteiger partial charge in [-0.2, -0.15) is 18.4 Å². The maximum atomic E-state index is 13.0. The van der Waals surface area contributed by atoms with Crippen LogP contribution in [0.15, 0.2) is 24.3 Å². The lowest BCUT2D eigenvalue weighted by atomic mass is 10.1. The smallest absolute Gasteiger partial charge is 0.381 e. The first-order valence-electron chi connectivity index (χ1n) is 4.40. The summed E-state index contributed by atoms with van der Waals surface area (Å²) < 4.78 is 49.5. The molecule has 0 fully saturated rings. The zero-order valence-electron chi connectivity index (χ0n) is 8.05. The third kappa shape index (κ3) is 3.12. The molecule has 6 heteroatoms. The van der Waals surface area contributed by atoms with Crippen LogP contribution in [0.4, 0.5) is 23.2 Å². The summed E-state index contributed by atoms with van der Waals surface area (Å²) in [5, 5.41) is 10.6. The molecule has 1 N–H and O–H groups in total. The third-order valence-electron chi connectivity index (χ3n) is 1.92. The van der Waals surface area contributed by atoms with Crippen molar-refractivity contribution in [1.29, 1.82) is 5.26 Å². The molecule has 0 aliphatic heterocycles. The lowest BCUT2D eigenvalue weighted by Gasteiger charge is -2.14. The predicted octanol–water partition coefficient (Wildman–Crippen LogP) is 2.94. The molecule has 0 saturated carbocycles. The summed E-state index contributed by atoms with van der Waals surface area (Å²) in [5.41, 5.74) is -0.0491. The number of benzene rings is 1. The van der Waals surface area contributed by atoms with Crippen LogP contribution in [0.2, 0.25) is 0 Å². The fraction of sp³-hybridized carbons (Fsp3) is 0.300. The van der Waals surface area contributed by atoms with E-state index in [0.717, 1.165) is 12.1 Å². The van der Waals surface area contributed by atoms with E-state index in [-0.39, 0.29) is 5.69 Å². The van der Waals surface area contributed by atoms with E-state index in [1.165, 1.54) is 18.2 Å². The molecule has 1 rings (SSSR count). The number of nitriles is 1. The number of rotatable bonds is 3. The lowest BCUT2D eigenvalue weighted by molar-refractivity contribution is -0.155. The molecule has 0 aliphatic rings. The molecular formula is C10H8F4N2. The molecule has 2 nitrogen and oxygen atoms in total. The van der Waals surface area contributed by atoms with Gasteiger partial charge in [0, 0.05) is 6.54 Å². The zero-order chi connectivity index (χ0) is 12.2. The quantitative estimate of drug-likeness (QED) is 0.813. The van der Waals surface area contributed by atoms with Crippen LogP contribution in [0.1, 0.15) is 0 Å². The molecule has 0 saturated heterocycles. The van der Waals surface area contributed by atoms with Gasteiger partial charge in [-0.3, -0.25) is 0 Å². The minimum atomic E-state index is -4.60. The van der Waals surface area contributed by atoms with Gasteiger partial charge in [-0.15, -0.1) is 0 Å². The molecule has 0 bridgehead atoms. The van der Waals surface area contributed by atoms with Gasteiger partial charge >= 0.3 is 6.18 Å². The first-order valence-corrected chi connectivity index (χ1v) is 4.40. The molecule has 0 amide bonds. The van der Waals surface area contributed by atoms with Gasteiger partial charge in [0.2, 0.25) is 0 Å². The van der Waals surface area contributed by atoms with E-state index in [2.05, 4.69) is 5.32 Å². The van der Waals surface area contributed by atoms with Crippen molar-refractivity contribution in [1.82, 2.24) is 0 Å². The molecule has 0 aliphatic carbocycles. The zero-order valence-corrected chi connectivity index (χ0v) is 8.05. The number of hydrogen-bond acceptors (Lipinski definition) is 2. The Bertz CT molecular complexity index is 395. The average Bonchev–Trinajstić information content (AvgIpc) is 2.19. The molecule has 0 heterocycles. The van der Waals surface area contributed by atoms with Gasteiger partial charge in [0.05, 0.1) is 11.8 Å². The van der Waals surface area contributed by atoms with Crippen LogP contribution in [0.25, 0.3) is 0 Å². The standard InChI is InChI=1S/C10H8F4N2/c11-8-3-1-2-4-9(8)16-6-7(5-15)10(12,13)14/h1-4,7,16H,6H2. The molecule has 0 aromatic heterocycles. The Kier molecular flexibility index (Phi) is 3.72. The predicted molar refractivity (Wildman–Crippen MR) is 50.0 cm³/mol. The minimum Gasteiger partial charge on any atom is -0.381 e. The third-order valence-corrected chi connectivity index (χ3v) is 1.92. The number of halogens is 4. The molecule has 1 aromatic carbocycles. The number of nitrogens with zero attached hydrogens (tertiary/aromatic N) is 1. The summed E-state index contributed by atoms with van der Waals surface area (Å²) in [6, 6.07) is 6.46. The number of alkyl halides is 3. The highest BCUT2D eigenvalue weighted by atomic mass is 19.4. The normalized spacial score (nSPS) is 12.9. The van der Waals surface area contributed by atoms with Crippen molar-refractivity contribution in [3.8, 4) is 6.07 Å². The second-order valence-electron chi connectivity index (χ2n) is 3.08. The van der Waals surface area contributed by atoms with Crippen LogP contribution in [-0.4, -0.2) is 12.7 Å². The fourth-order valence-corrected chi connectivity index (χ4v) is 1.05. The Labute approximate surface area is 89.5 Å². The molecule has 16 heavy (non-hydrogen) atoms. The Hall–Kier alpha value is -1.77. The summed E-state index contributed by atoms with van der Waals surface area (Å²) >= 11 is 0. The highest BCUT2D eigenvalue weighted by molar-refractivity contribution is 5.44. The second-order valence-corrected chi connectivity index (χ2v) is 3.08. The van der Waals surface area contributed by atoms with Crippen LogP contribution in [0.5, 0.6) is 0 Å². The highest BCUT2D eigenvalue weighted by Gasteiger charge is 2.39. The van der Waals surface area contributed by atoms with Crippen molar-refractivity contribution in [3.05, 3.63) is 30.1 Å². The summed E-state index contributed by atoms with van der Waals surface area (Å²) in [4.78, 5) is 0. The molecule has 86 valence electrons. The molecule has 1 unspecified atom stereocenters. The number of para-hydroxylation sites is 1. The Morgan fingerprint density at radius 3 is 2.44 bits per heavy atom. The van der Waals surface area contributed by atoms with Crippen molar-refractivity contribution < 1.29 is 17.6 Å². The molecule has 1 atom stereocenters. The lowest BCUT2D eigenvalue weighted by Crippen LogP contribution is -2.28. The SMILES string of the molecule is N#CC(CNc1ccccc1F)C(F)(F)F. The molecule has 0 spiro atoms. The number of nitrogens with one attached hydrogen (secondary N) is 1. The highest BCUT2D eigenvalue weighted by Crippen LogP contribution is 2.26. The Morgan fingerprint density at radius 2 is 1.94 bits per heavy atom. The first-order chi connectivity index (χ1) is 7.45. The van der Waals surface area contributed by atoms with Crippen molar-refractivity contribution in [2.45, 2.75) is 6.18 Å². The van der Waals surface area contributed by atoms with Gasteiger partial charge in [-0.25, -0.2) is 4.39 Å². The van der Waals surface area contributed by atoms with Gasteiger partial charge in [-0.05, 0) is 12.1 Å². The molecular weight excluding hydrogens is 224 g/mol. The first kappa shape index (κ1) is 12.3. The van der Waals surface area contributed by atoms with Gasteiger partial charge in [0.15, 0.2) is 5.92 Å². The Balaban J connectivity index is 2.65. The van der Waals surface area contributed by atoms with E-state index in [1.807, 2.05) is 0 Å². The van der Waals surface area contributed by atoms with Gasteiger partial charge < -0.3 is 5.32 Å². The molecule has 1 aromatic rings. The van der Waals surface area contributed by atoms with Crippen molar-refractivity contribution >= 4 is 5.69 Å². The maximum Gasteiger partial charge on any atom is 0.406 e. The Morgan fingerprint density at radius 1 is 1.31 bits per heavy atom. The van der Waals surface area contributed by atoms with Crippen LogP contribution < -0.4 is 5.32 Å². The van der Waals surface area contributed by atoms with Crippen molar-refractivity contribution in [2.24, 2.45) is 5.92 Å². The second kappa shape index (κ2) is 4.84. The van der Waals surface area contributed by atoms with Crippen molar-refractivity contribution in [2.75, 3.05) is 11.9 Å². The van der Waals surface area contributed by atoms with E-state index >= 15 is 0 Å². The van der Waals surface area contributed by atoms with Gasteiger partial charge in [-0.1, -0.05) is 12.1 Å². The summed E-state index contributed by atoms with van der Waals surface area (Å²) in [6.45, 7) is -0.666. The summed E-state index contributed by atoms with van der Waals surface area (Å²) in [6.07, 6.45) is -4.60. The minimum absolute atomic E-state index is 0.0491. The number of anilines is 1. The van der Waals surface area contributed by atoms with Gasteiger partial charge in [0.1, 0.15) is 5.82 Å². The monoisotopic (exact) mass is 232 g/mol.